The first-order valence-electron chi connectivity index (χ1n) is 5.24. The number of benzene rings is 1. The van der Waals surface area contributed by atoms with E-state index in [0.29, 0.717) is 10.0 Å². The van der Waals surface area contributed by atoms with Gasteiger partial charge in [-0.3, -0.25) is 14.5 Å². The fourth-order valence-corrected chi connectivity index (χ4v) is 1.20. The third kappa shape index (κ3) is 5.04. The first kappa shape index (κ1) is 17.7. The van der Waals surface area contributed by atoms with Crippen molar-refractivity contribution in [3.05, 3.63) is 61.2 Å². The Hall–Kier alpha value is -3.33. The van der Waals surface area contributed by atoms with Gasteiger partial charge in [-0.25, -0.2) is 0 Å². The summed E-state index contributed by atoms with van der Waals surface area (Å²) < 4.78 is 0. The highest BCUT2D eigenvalue weighted by molar-refractivity contribution is 5.97. The first-order valence-corrected chi connectivity index (χ1v) is 5.24. The predicted octanol–water partition coefficient (Wildman–Crippen LogP) is 2.06. The molecule has 0 spiro atoms. The van der Waals surface area contributed by atoms with Crippen LogP contribution in [0.15, 0.2) is 34.8 Å². The molecule has 0 saturated heterocycles. The van der Waals surface area contributed by atoms with Crippen LogP contribution in [0.4, 0.5) is 0 Å². The van der Waals surface area contributed by atoms with Crippen LogP contribution >= 0.6 is 0 Å². The lowest BCUT2D eigenvalue weighted by molar-refractivity contribution is 0.0785. The number of hydrogen-bond acceptors (Lipinski definition) is 6. The molecule has 0 aliphatic carbocycles. The summed E-state index contributed by atoms with van der Waals surface area (Å²) >= 11 is 0. The summed E-state index contributed by atoms with van der Waals surface area (Å²) in [6.45, 7) is 0. The third-order valence-corrected chi connectivity index (χ3v) is 2.21. The second-order valence-corrected chi connectivity index (χ2v) is 3.49. The molecule has 0 saturated carbocycles. The number of hydrogen-bond donors (Lipinski definition) is 0. The Bertz CT molecular complexity index is 520. The molecule has 2 amide bonds. The number of rotatable bonds is 4. The second-order valence-electron chi connectivity index (χ2n) is 3.49. The van der Waals surface area contributed by atoms with E-state index in [4.69, 9.17) is 11.1 Å². The van der Waals surface area contributed by atoms with Gasteiger partial charge in [0.15, 0.2) is 0 Å². The van der Waals surface area contributed by atoms with Crippen LogP contribution in [0, 0.1) is 9.81 Å². The Morgan fingerprint density at radius 1 is 0.905 bits per heavy atom. The highest BCUT2D eigenvalue weighted by atomic mass is 16.3. The summed E-state index contributed by atoms with van der Waals surface area (Å²) in [6, 6.07) is 5.43. The molecule has 0 atom stereocenters. The zero-order chi connectivity index (χ0) is 16.4. The molecular weight excluding hydrogens is 282 g/mol. The van der Waals surface area contributed by atoms with Gasteiger partial charge in [0, 0.05) is 25.2 Å². The predicted molar refractivity (Wildman–Crippen MR) is 72.3 cm³/mol. The van der Waals surface area contributed by atoms with E-state index >= 15 is 0 Å². The molecule has 0 aliphatic rings. The molecule has 21 heavy (non-hydrogen) atoms. The summed E-state index contributed by atoms with van der Waals surface area (Å²) in [5, 5.41) is 6.20. The third-order valence-electron chi connectivity index (χ3n) is 2.21. The van der Waals surface area contributed by atoms with Gasteiger partial charge in [0.25, 0.3) is 11.8 Å². The van der Waals surface area contributed by atoms with E-state index in [1.54, 1.807) is 0 Å². The van der Waals surface area contributed by atoms with Crippen LogP contribution in [0.5, 0.6) is 0 Å². The van der Waals surface area contributed by atoms with Gasteiger partial charge in [-0.15, -0.1) is 9.81 Å². The van der Waals surface area contributed by atoms with Gasteiger partial charge in [0.2, 0.25) is 0 Å². The maximum atomic E-state index is 11.5. The molecule has 11 heteroatoms. The Morgan fingerprint density at radius 3 is 1.33 bits per heavy atom. The Kier molecular flexibility index (Phi) is 7.33. The molecule has 0 aliphatic heterocycles. The molecule has 0 fully saturated rings. The number of nitroso groups, excluding NO2 is 2. The molecule has 11 nitrogen and oxygen atoms in total. The standard InChI is InChI=1S/C10H10N4O4.N3/c1-13(11-17)9(15)7-3-5-8(6-4-7)10(16)14(2)12-18;1-3-2/h3-6H,1-2H3;/q;-1. The molecule has 0 N–H and O–H groups in total. The number of carbonyl (C=O) groups is 2. The molecular formula is C10H10N7O4-. The highest BCUT2D eigenvalue weighted by Crippen LogP contribution is 2.09. The highest BCUT2D eigenvalue weighted by Gasteiger charge is 2.15. The average molecular weight is 292 g/mol. The minimum atomic E-state index is -0.592. The fraction of sp³-hybridized carbons (Fsp3) is 0.200. The SMILES string of the molecule is CN(N=O)C(=O)c1ccc(C(=O)N(C)N=O)cc1.[N-]=[N+]=[N-]. The summed E-state index contributed by atoms with van der Waals surface area (Å²) in [7, 11) is 2.44. The zero-order valence-electron chi connectivity index (χ0n) is 11.1. The van der Waals surface area contributed by atoms with Crippen molar-refractivity contribution in [2.24, 2.45) is 10.6 Å². The van der Waals surface area contributed by atoms with E-state index in [2.05, 4.69) is 10.6 Å². The molecule has 1 aromatic rings. The largest absolute Gasteiger partial charge is 0.373 e. The summed E-state index contributed by atoms with van der Waals surface area (Å²) in [6.07, 6.45) is 0. The molecule has 1 aromatic carbocycles. The van der Waals surface area contributed by atoms with Crippen LogP contribution in [0.3, 0.4) is 0 Å². The van der Waals surface area contributed by atoms with E-state index in [9.17, 15) is 19.4 Å². The van der Waals surface area contributed by atoms with Gasteiger partial charge in [-0.1, -0.05) is 0 Å². The Labute approximate surface area is 118 Å². The molecule has 110 valence electrons. The quantitative estimate of drug-likeness (QED) is 0.273. The van der Waals surface area contributed by atoms with Crippen LogP contribution in [-0.4, -0.2) is 35.9 Å². The Balaban J connectivity index is 0.00000122. The molecule has 0 unspecified atom stereocenters. The lowest BCUT2D eigenvalue weighted by Crippen LogP contribution is -2.22. The van der Waals surface area contributed by atoms with Gasteiger partial charge in [-0.2, -0.15) is 10.0 Å². The van der Waals surface area contributed by atoms with Crippen molar-refractivity contribution in [2.45, 2.75) is 0 Å². The zero-order valence-corrected chi connectivity index (χ0v) is 11.1. The van der Waals surface area contributed by atoms with E-state index in [-0.39, 0.29) is 11.1 Å². The number of carbonyl (C=O) groups excluding carboxylic acids is 2. The topological polar surface area (TPSA) is 158 Å². The summed E-state index contributed by atoms with van der Waals surface area (Å²) in [5.41, 5.74) is 13.9. The van der Waals surface area contributed by atoms with Gasteiger partial charge in [-0.05, 0) is 24.3 Å². The van der Waals surface area contributed by atoms with Crippen molar-refractivity contribution in [1.82, 2.24) is 10.0 Å². The van der Waals surface area contributed by atoms with E-state index < -0.39 is 11.8 Å². The molecule has 0 heterocycles. The Morgan fingerprint density at radius 2 is 1.14 bits per heavy atom. The van der Waals surface area contributed by atoms with E-state index in [0.717, 1.165) is 0 Å². The molecule has 0 bridgehead atoms. The minimum absolute atomic E-state index is 0.204. The lowest BCUT2D eigenvalue weighted by atomic mass is 10.1. The van der Waals surface area contributed by atoms with Crippen LogP contribution in [0.25, 0.3) is 16.0 Å². The van der Waals surface area contributed by atoms with E-state index in [1.165, 1.54) is 43.3 Å². The molecule has 0 radical (unpaired) electrons. The first-order chi connectivity index (χ1) is 9.92. The van der Waals surface area contributed by atoms with E-state index in [1.807, 2.05) is 0 Å². The number of nitrogens with zero attached hydrogens (tertiary/aromatic N) is 7. The maximum Gasteiger partial charge on any atom is 0.276 e. The normalized spacial score (nSPS) is 8.48. The van der Waals surface area contributed by atoms with Gasteiger partial charge < -0.3 is 11.1 Å². The lowest BCUT2D eigenvalue weighted by Gasteiger charge is -2.09. The molecule has 1 rings (SSSR count). The second kappa shape index (κ2) is 8.72. The van der Waals surface area contributed by atoms with Crippen LogP contribution in [-0.2, 0) is 0 Å². The van der Waals surface area contributed by atoms with Crippen molar-refractivity contribution in [2.75, 3.05) is 14.1 Å². The van der Waals surface area contributed by atoms with Gasteiger partial charge in [0.1, 0.15) is 0 Å². The average Bonchev–Trinajstić information content (AvgIpc) is 2.52. The van der Waals surface area contributed by atoms with Gasteiger partial charge >= 0.3 is 0 Å². The fourth-order valence-electron chi connectivity index (χ4n) is 1.20. The van der Waals surface area contributed by atoms with Crippen LogP contribution in [0.1, 0.15) is 20.7 Å². The minimum Gasteiger partial charge on any atom is -0.373 e. The van der Waals surface area contributed by atoms with Crippen LogP contribution in [0.2, 0.25) is 0 Å². The van der Waals surface area contributed by atoms with Crippen molar-refractivity contribution in [3.63, 3.8) is 0 Å². The smallest absolute Gasteiger partial charge is 0.276 e. The van der Waals surface area contributed by atoms with Crippen molar-refractivity contribution < 1.29 is 9.59 Å². The van der Waals surface area contributed by atoms with Crippen molar-refractivity contribution in [1.29, 1.82) is 0 Å². The molecule has 0 aromatic heterocycles. The maximum absolute atomic E-state index is 11.5. The van der Waals surface area contributed by atoms with Gasteiger partial charge in [0.05, 0.1) is 10.6 Å². The van der Waals surface area contributed by atoms with Crippen molar-refractivity contribution in [3.8, 4) is 0 Å². The monoisotopic (exact) mass is 292 g/mol. The summed E-state index contributed by atoms with van der Waals surface area (Å²) in [5.74, 6) is -1.18. The van der Waals surface area contributed by atoms with Crippen molar-refractivity contribution >= 4 is 11.8 Å². The summed E-state index contributed by atoms with van der Waals surface area (Å²) in [4.78, 5) is 44.9. The number of amides is 2. The van der Waals surface area contributed by atoms with Crippen LogP contribution < -0.4 is 0 Å².